The topological polar surface area (TPSA) is 43.6 Å². The van der Waals surface area contributed by atoms with E-state index in [1.165, 1.54) is 22.9 Å². The molecule has 1 aromatic carbocycles. The Morgan fingerprint density at radius 3 is 2.82 bits per heavy atom. The molecule has 22 heavy (non-hydrogen) atoms. The first-order chi connectivity index (χ1) is 10.3. The van der Waals surface area contributed by atoms with Gasteiger partial charge >= 0.3 is 12.3 Å². The van der Waals surface area contributed by atoms with Crippen molar-refractivity contribution in [2.24, 2.45) is 4.99 Å². The van der Waals surface area contributed by atoms with Crippen molar-refractivity contribution in [2.45, 2.75) is 13.1 Å². The summed E-state index contributed by atoms with van der Waals surface area (Å²) in [6.45, 7) is 1.80. The highest BCUT2D eigenvalue weighted by Crippen LogP contribution is 2.30. The number of benzene rings is 1. The zero-order valence-corrected chi connectivity index (χ0v) is 13.6. The lowest BCUT2D eigenvalue weighted by Crippen LogP contribution is -2.16. The van der Waals surface area contributed by atoms with Crippen molar-refractivity contribution < 1.29 is 22.7 Å². The molecule has 0 radical (unpaired) electrons. The van der Waals surface area contributed by atoms with Gasteiger partial charge in [0.25, 0.3) is 0 Å². The number of ether oxygens (including phenoxy) is 1. The Balaban J connectivity index is 2.52. The van der Waals surface area contributed by atoms with Crippen molar-refractivity contribution in [3.63, 3.8) is 0 Å². The smallest absolute Gasteiger partial charge is 0.436 e. The summed E-state index contributed by atoms with van der Waals surface area (Å²) in [5, 5.41) is 0. The van der Waals surface area contributed by atoms with Gasteiger partial charge in [-0.2, -0.15) is 13.2 Å². The Labute approximate surface area is 136 Å². The molecule has 0 atom stereocenters. The van der Waals surface area contributed by atoms with Gasteiger partial charge in [-0.05, 0) is 41.1 Å². The van der Waals surface area contributed by atoms with Crippen LogP contribution in [0.5, 0.6) is 0 Å². The molecule has 0 aliphatic rings. The van der Waals surface area contributed by atoms with Crippen molar-refractivity contribution in [3.05, 3.63) is 44.6 Å². The fourth-order valence-corrected chi connectivity index (χ4v) is 3.00. The molecule has 0 saturated carbocycles. The van der Waals surface area contributed by atoms with Crippen LogP contribution in [0, 0.1) is 0 Å². The molecule has 9 heteroatoms. The molecule has 4 nitrogen and oxygen atoms in total. The van der Waals surface area contributed by atoms with Crippen LogP contribution in [0.3, 0.4) is 0 Å². The molecular weight excluding hydrogens is 385 g/mol. The summed E-state index contributed by atoms with van der Waals surface area (Å²) >= 11 is 4.34. The van der Waals surface area contributed by atoms with E-state index < -0.39 is 17.8 Å². The molecule has 118 valence electrons. The minimum Gasteiger partial charge on any atom is -0.448 e. The van der Waals surface area contributed by atoms with Crippen LogP contribution in [-0.2, 0) is 10.9 Å². The highest BCUT2D eigenvalue weighted by atomic mass is 79.9. The lowest BCUT2D eigenvalue weighted by Gasteiger charge is -2.09. The van der Waals surface area contributed by atoms with Crippen molar-refractivity contribution in [2.75, 3.05) is 6.61 Å². The molecule has 2 aromatic rings. The third-order valence-electron chi connectivity index (χ3n) is 2.53. The van der Waals surface area contributed by atoms with Crippen LogP contribution in [0.25, 0.3) is 5.69 Å². The second-order valence-electron chi connectivity index (χ2n) is 4.05. The number of hydrogen-bond acceptors (Lipinski definition) is 3. The number of carbonyl (C=O) groups is 1. The molecule has 0 aliphatic heterocycles. The van der Waals surface area contributed by atoms with Crippen LogP contribution in [-0.4, -0.2) is 17.3 Å². The maximum absolute atomic E-state index is 12.8. The van der Waals surface area contributed by atoms with Crippen LogP contribution in [0.4, 0.5) is 18.0 Å². The number of aromatic nitrogens is 1. The van der Waals surface area contributed by atoms with Crippen LogP contribution in [0.2, 0.25) is 0 Å². The molecule has 0 N–H and O–H groups in total. The summed E-state index contributed by atoms with van der Waals surface area (Å²) in [5.74, 6) is 0. The summed E-state index contributed by atoms with van der Waals surface area (Å²) in [6, 6.07) is 4.76. The van der Waals surface area contributed by atoms with Crippen LogP contribution in [0.15, 0.2) is 39.2 Å². The van der Waals surface area contributed by atoms with E-state index in [1.807, 2.05) is 0 Å². The molecule has 1 heterocycles. The number of rotatable bonds is 2. The monoisotopic (exact) mass is 394 g/mol. The number of thiazole rings is 1. The van der Waals surface area contributed by atoms with E-state index in [0.717, 1.165) is 23.5 Å². The third-order valence-corrected chi connectivity index (χ3v) is 3.99. The molecule has 0 aliphatic carbocycles. The number of alkyl halides is 3. The van der Waals surface area contributed by atoms with E-state index in [-0.39, 0.29) is 17.1 Å². The first-order valence-corrected chi connectivity index (χ1v) is 7.69. The largest absolute Gasteiger partial charge is 0.448 e. The Hall–Kier alpha value is -1.61. The Morgan fingerprint density at radius 1 is 1.45 bits per heavy atom. The molecule has 0 fully saturated rings. The quantitative estimate of drug-likeness (QED) is 0.758. The molecule has 1 amide bonds. The van der Waals surface area contributed by atoms with E-state index >= 15 is 0 Å². The van der Waals surface area contributed by atoms with Gasteiger partial charge in [-0.15, -0.1) is 4.99 Å². The van der Waals surface area contributed by atoms with E-state index in [0.29, 0.717) is 3.79 Å². The average molecular weight is 395 g/mol. The predicted molar refractivity (Wildman–Crippen MR) is 78.9 cm³/mol. The van der Waals surface area contributed by atoms with E-state index in [1.54, 1.807) is 6.92 Å². The summed E-state index contributed by atoms with van der Waals surface area (Å²) in [7, 11) is 0. The van der Waals surface area contributed by atoms with Crippen molar-refractivity contribution in [1.29, 1.82) is 0 Å². The highest BCUT2D eigenvalue weighted by Gasteiger charge is 2.30. The average Bonchev–Trinajstić information content (AvgIpc) is 2.79. The van der Waals surface area contributed by atoms with Gasteiger partial charge in [0.1, 0.15) is 0 Å². The lowest BCUT2D eigenvalue weighted by atomic mass is 10.2. The van der Waals surface area contributed by atoms with Crippen LogP contribution >= 0.6 is 27.3 Å². The SMILES string of the molecule is CCOC(=O)/N=c1/sc(Br)cn1-c1cccc(C(F)(F)F)c1. The molecule has 1 aromatic heterocycles. The molecular formula is C13H10BrF3N2O2S. The first kappa shape index (κ1) is 16.8. The first-order valence-electron chi connectivity index (χ1n) is 6.08. The van der Waals surface area contributed by atoms with Gasteiger partial charge < -0.3 is 4.74 Å². The third kappa shape index (κ3) is 3.98. The second kappa shape index (κ2) is 6.66. The van der Waals surface area contributed by atoms with Gasteiger partial charge in [0.2, 0.25) is 4.80 Å². The fourth-order valence-electron chi connectivity index (χ4n) is 1.65. The normalized spacial score (nSPS) is 12.5. The van der Waals surface area contributed by atoms with Gasteiger partial charge in [-0.1, -0.05) is 17.4 Å². The zero-order chi connectivity index (χ0) is 16.3. The maximum atomic E-state index is 12.8. The standard InChI is InChI=1S/C13H10BrF3N2O2S/c1-2-21-12(20)18-11-19(7-10(14)22-11)9-5-3-4-8(6-9)13(15,16)17/h3-7H,2H2,1H3/b18-11+. The number of halogens is 4. The second-order valence-corrected chi connectivity index (χ2v) is 6.43. The number of nitrogens with zero attached hydrogens (tertiary/aromatic N) is 2. The summed E-state index contributed by atoms with van der Waals surface area (Å²) < 4.78 is 45.1. The molecule has 0 spiro atoms. The minimum atomic E-state index is -4.44. The van der Waals surface area contributed by atoms with Gasteiger partial charge in [0.15, 0.2) is 0 Å². The Bertz CT molecular complexity index is 752. The van der Waals surface area contributed by atoms with Gasteiger partial charge in [0.05, 0.1) is 16.0 Å². The fraction of sp³-hybridized carbons (Fsp3) is 0.231. The summed E-state index contributed by atoms with van der Waals surface area (Å²) in [5.41, 5.74) is -0.526. The minimum absolute atomic E-state index is 0.165. The number of carbonyl (C=O) groups excluding carboxylic acids is 1. The molecule has 2 rings (SSSR count). The lowest BCUT2D eigenvalue weighted by molar-refractivity contribution is -0.137. The van der Waals surface area contributed by atoms with Crippen LogP contribution in [0.1, 0.15) is 12.5 Å². The maximum Gasteiger partial charge on any atom is 0.436 e. The molecule has 0 unspecified atom stereocenters. The van der Waals surface area contributed by atoms with E-state index in [4.69, 9.17) is 4.74 Å². The van der Waals surface area contributed by atoms with E-state index in [9.17, 15) is 18.0 Å². The van der Waals surface area contributed by atoms with Gasteiger partial charge in [0, 0.05) is 11.9 Å². The van der Waals surface area contributed by atoms with Crippen molar-refractivity contribution in [3.8, 4) is 5.69 Å². The highest BCUT2D eigenvalue weighted by molar-refractivity contribution is 9.11. The molecule has 0 saturated heterocycles. The van der Waals surface area contributed by atoms with Crippen molar-refractivity contribution >= 4 is 33.4 Å². The van der Waals surface area contributed by atoms with Gasteiger partial charge in [-0.3, -0.25) is 4.57 Å². The number of amides is 1. The Kier molecular flexibility index (Phi) is 5.07. The summed E-state index contributed by atoms with van der Waals surface area (Å²) in [6.07, 6.45) is -3.70. The van der Waals surface area contributed by atoms with Gasteiger partial charge in [-0.25, -0.2) is 4.79 Å². The van der Waals surface area contributed by atoms with Crippen molar-refractivity contribution in [1.82, 2.24) is 4.57 Å². The Morgan fingerprint density at radius 2 is 2.18 bits per heavy atom. The zero-order valence-electron chi connectivity index (χ0n) is 11.2. The predicted octanol–water partition coefficient (Wildman–Crippen LogP) is 4.38. The van der Waals surface area contributed by atoms with Crippen LogP contribution < -0.4 is 4.80 Å². The van der Waals surface area contributed by atoms with E-state index in [2.05, 4.69) is 20.9 Å². The number of hydrogen-bond donors (Lipinski definition) is 0. The molecule has 0 bridgehead atoms. The summed E-state index contributed by atoms with van der Waals surface area (Å²) in [4.78, 5) is 15.4.